The Balaban J connectivity index is 3.07. The summed E-state index contributed by atoms with van der Waals surface area (Å²) in [5, 5.41) is 9.63. The first-order valence-electron chi connectivity index (χ1n) is 4.39. The Morgan fingerprint density at radius 3 is 2.53 bits per heavy atom. The molecule has 2 nitrogen and oxygen atoms in total. The summed E-state index contributed by atoms with van der Waals surface area (Å²) in [4.78, 5) is 1.66. The van der Waals surface area contributed by atoms with E-state index in [1.54, 1.807) is 19.0 Å². The zero-order valence-corrected chi connectivity index (χ0v) is 10.1. The first kappa shape index (κ1) is 12.5. The van der Waals surface area contributed by atoms with Gasteiger partial charge in [-0.05, 0) is 42.2 Å². The van der Waals surface area contributed by atoms with Crippen LogP contribution in [0.15, 0.2) is 16.6 Å². The van der Waals surface area contributed by atoms with Crippen LogP contribution in [0.3, 0.4) is 0 Å². The Kier molecular flexibility index (Phi) is 4.19. The van der Waals surface area contributed by atoms with Crippen molar-refractivity contribution in [2.24, 2.45) is 0 Å². The summed E-state index contributed by atoms with van der Waals surface area (Å²) in [7, 11) is 3.44. The topological polar surface area (TPSA) is 23.5 Å². The van der Waals surface area contributed by atoms with Crippen molar-refractivity contribution in [3.63, 3.8) is 0 Å². The van der Waals surface area contributed by atoms with Crippen LogP contribution in [0.5, 0.6) is 0 Å². The summed E-state index contributed by atoms with van der Waals surface area (Å²) >= 11 is 2.95. The molecule has 84 valence electrons. The summed E-state index contributed by atoms with van der Waals surface area (Å²) in [6.45, 7) is 0.171. The Hall–Kier alpha value is -0.520. The van der Waals surface area contributed by atoms with Crippen LogP contribution < -0.4 is 0 Å². The van der Waals surface area contributed by atoms with E-state index in [0.29, 0.717) is 0 Å². The second-order valence-corrected chi connectivity index (χ2v) is 4.39. The standard InChI is InChI=1S/C10H12BrF2NO/c1-14(2)5-8(15)9-7(12)4-3-6(11)10(9)13/h3-4,8,15H,5H2,1-2H3. The van der Waals surface area contributed by atoms with Crippen molar-refractivity contribution in [3.8, 4) is 0 Å². The van der Waals surface area contributed by atoms with Crippen molar-refractivity contribution in [2.75, 3.05) is 20.6 Å². The molecule has 0 heterocycles. The predicted molar refractivity (Wildman–Crippen MR) is 57.6 cm³/mol. The van der Waals surface area contributed by atoms with Crippen molar-refractivity contribution in [3.05, 3.63) is 33.8 Å². The molecule has 15 heavy (non-hydrogen) atoms. The number of halogens is 3. The third-order valence-corrected chi connectivity index (χ3v) is 2.56. The van der Waals surface area contributed by atoms with Gasteiger partial charge in [0.15, 0.2) is 0 Å². The van der Waals surface area contributed by atoms with E-state index in [4.69, 9.17) is 0 Å². The summed E-state index contributed by atoms with van der Waals surface area (Å²) in [6.07, 6.45) is -1.17. The molecule has 5 heteroatoms. The maximum absolute atomic E-state index is 13.5. The monoisotopic (exact) mass is 279 g/mol. The lowest BCUT2D eigenvalue weighted by atomic mass is 10.1. The number of likely N-dealkylation sites (N-methyl/N-ethyl adjacent to an activating group) is 1. The minimum atomic E-state index is -1.17. The molecule has 1 N–H and O–H groups in total. The predicted octanol–water partition coefficient (Wildman–Crippen LogP) is 2.32. The van der Waals surface area contributed by atoms with Gasteiger partial charge in [-0.15, -0.1) is 0 Å². The largest absolute Gasteiger partial charge is 0.387 e. The summed E-state index contributed by atoms with van der Waals surface area (Å²) < 4.78 is 26.9. The second-order valence-electron chi connectivity index (χ2n) is 3.53. The number of rotatable bonds is 3. The molecule has 0 radical (unpaired) electrons. The lowest BCUT2D eigenvalue weighted by Crippen LogP contribution is -2.21. The van der Waals surface area contributed by atoms with Gasteiger partial charge in [0.05, 0.1) is 16.1 Å². The maximum Gasteiger partial charge on any atom is 0.146 e. The summed E-state index contributed by atoms with van der Waals surface area (Å²) in [5.41, 5.74) is -0.293. The molecule has 0 aliphatic rings. The summed E-state index contributed by atoms with van der Waals surface area (Å²) in [5.74, 6) is -1.48. The maximum atomic E-state index is 13.5. The van der Waals surface area contributed by atoms with Crippen molar-refractivity contribution >= 4 is 15.9 Å². The highest BCUT2D eigenvalue weighted by Gasteiger charge is 2.20. The molecule has 0 fully saturated rings. The zero-order valence-electron chi connectivity index (χ0n) is 8.47. The SMILES string of the molecule is CN(C)CC(O)c1c(F)ccc(Br)c1F. The van der Waals surface area contributed by atoms with Crippen LogP contribution in [0.2, 0.25) is 0 Å². The number of hydrogen-bond acceptors (Lipinski definition) is 2. The van der Waals surface area contributed by atoms with Gasteiger partial charge in [0.2, 0.25) is 0 Å². The Morgan fingerprint density at radius 1 is 1.40 bits per heavy atom. The van der Waals surface area contributed by atoms with Gasteiger partial charge >= 0.3 is 0 Å². The van der Waals surface area contributed by atoms with Crippen LogP contribution in [-0.2, 0) is 0 Å². The third-order valence-electron chi connectivity index (χ3n) is 1.95. The van der Waals surface area contributed by atoms with E-state index in [0.717, 1.165) is 6.07 Å². The van der Waals surface area contributed by atoms with Crippen LogP contribution in [-0.4, -0.2) is 30.6 Å². The normalized spacial score (nSPS) is 13.3. The van der Waals surface area contributed by atoms with E-state index in [1.807, 2.05) is 0 Å². The molecule has 0 bridgehead atoms. The Labute approximate surface area is 95.6 Å². The molecule has 0 aliphatic heterocycles. The molecule has 0 amide bonds. The minimum absolute atomic E-state index is 0.150. The van der Waals surface area contributed by atoms with Crippen LogP contribution in [0.4, 0.5) is 8.78 Å². The molecular weight excluding hydrogens is 268 g/mol. The first-order valence-corrected chi connectivity index (χ1v) is 5.19. The van der Waals surface area contributed by atoms with Crippen LogP contribution in [0.1, 0.15) is 11.7 Å². The molecular formula is C10H12BrF2NO. The fourth-order valence-electron chi connectivity index (χ4n) is 1.29. The number of nitrogens with zero attached hydrogens (tertiary/aromatic N) is 1. The first-order chi connectivity index (χ1) is 6.93. The van der Waals surface area contributed by atoms with Gasteiger partial charge < -0.3 is 10.0 Å². The molecule has 1 aromatic carbocycles. The highest BCUT2D eigenvalue weighted by molar-refractivity contribution is 9.10. The second kappa shape index (κ2) is 5.01. The van der Waals surface area contributed by atoms with Gasteiger partial charge in [0, 0.05) is 6.54 Å². The quantitative estimate of drug-likeness (QED) is 0.859. The van der Waals surface area contributed by atoms with Crippen molar-refractivity contribution in [2.45, 2.75) is 6.10 Å². The highest BCUT2D eigenvalue weighted by Crippen LogP contribution is 2.26. The Morgan fingerprint density at radius 2 is 2.00 bits per heavy atom. The van der Waals surface area contributed by atoms with Gasteiger partial charge in [-0.3, -0.25) is 0 Å². The number of benzene rings is 1. The zero-order chi connectivity index (χ0) is 11.6. The molecule has 1 aromatic rings. The molecule has 0 aromatic heterocycles. The fraction of sp³-hybridized carbons (Fsp3) is 0.400. The number of hydrogen-bond donors (Lipinski definition) is 1. The molecule has 0 saturated heterocycles. The van der Waals surface area contributed by atoms with Crippen LogP contribution in [0, 0.1) is 11.6 Å². The average molecular weight is 280 g/mol. The summed E-state index contributed by atoms with van der Waals surface area (Å²) in [6, 6.07) is 2.40. The molecule has 1 unspecified atom stereocenters. The highest BCUT2D eigenvalue weighted by atomic mass is 79.9. The Bertz CT molecular complexity index is 358. The van der Waals surface area contributed by atoms with Crippen LogP contribution in [0.25, 0.3) is 0 Å². The number of aliphatic hydroxyl groups excluding tert-OH is 1. The van der Waals surface area contributed by atoms with E-state index in [1.165, 1.54) is 6.07 Å². The van der Waals surface area contributed by atoms with E-state index in [2.05, 4.69) is 15.9 Å². The fourth-order valence-corrected chi connectivity index (χ4v) is 1.63. The van der Waals surface area contributed by atoms with Gasteiger partial charge in [0.25, 0.3) is 0 Å². The molecule has 1 atom stereocenters. The lowest BCUT2D eigenvalue weighted by molar-refractivity contribution is 0.130. The smallest absolute Gasteiger partial charge is 0.146 e. The van der Waals surface area contributed by atoms with Crippen molar-refractivity contribution in [1.29, 1.82) is 0 Å². The van der Waals surface area contributed by atoms with E-state index in [9.17, 15) is 13.9 Å². The van der Waals surface area contributed by atoms with E-state index < -0.39 is 17.7 Å². The van der Waals surface area contributed by atoms with Gasteiger partial charge in [-0.25, -0.2) is 8.78 Å². The average Bonchev–Trinajstić information content (AvgIpc) is 2.11. The van der Waals surface area contributed by atoms with E-state index in [-0.39, 0.29) is 16.6 Å². The van der Waals surface area contributed by atoms with Crippen molar-refractivity contribution in [1.82, 2.24) is 4.90 Å². The van der Waals surface area contributed by atoms with Gasteiger partial charge in [-0.1, -0.05) is 0 Å². The molecule has 0 aliphatic carbocycles. The minimum Gasteiger partial charge on any atom is -0.387 e. The number of aliphatic hydroxyl groups is 1. The molecule has 1 rings (SSSR count). The lowest BCUT2D eigenvalue weighted by Gasteiger charge is -2.17. The van der Waals surface area contributed by atoms with E-state index >= 15 is 0 Å². The molecule has 0 saturated carbocycles. The molecule has 0 spiro atoms. The third kappa shape index (κ3) is 2.96. The van der Waals surface area contributed by atoms with Gasteiger partial charge in [-0.2, -0.15) is 0 Å². The van der Waals surface area contributed by atoms with Crippen LogP contribution >= 0.6 is 15.9 Å². The van der Waals surface area contributed by atoms with Crippen molar-refractivity contribution < 1.29 is 13.9 Å². The van der Waals surface area contributed by atoms with Gasteiger partial charge in [0.1, 0.15) is 11.6 Å².